The van der Waals surface area contributed by atoms with Gasteiger partial charge in [0.1, 0.15) is 6.10 Å². The molecule has 25 heavy (non-hydrogen) atoms. The van der Waals surface area contributed by atoms with Crippen molar-refractivity contribution in [1.82, 2.24) is 0 Å². The largest absolute Gasteiger partial charge is 0.458 e. The van der Waals surface area contributed by atoms with Gasteiger partial charge in [-0.15, -0.1) is 0 Å². The van der Waals surface area contributed by atoms with E-state index in [4.69, 9.17) is 4.74 Å². The molecule has 0 saturated heterocycles. The van der Waals surface area contributed by atoms with E-state index in [-0.39, 0.29) is 18.2 Å². The van der Waals surface area contributed by atoms with Gasteiger partial charge in [0, 0.05) is 6.92 Å². The molecule has 1 N–H and O–H groups in total. The molecule has 0 heterocycles. The van der Waals surface area contributed by atoms with E-state index in [9.17, 15) is 9.90 Å². The molecule has 0 saturated carbocycles. The highest BCUT2D eigenvalue weighted by Crippen LogP contribution is 2.28. The van der Waals surface area contributed by atoms with Crippen molar-refractivity contribution >= 4 is 5.97 Å². The molecule has 2 rings (SSSR count). The number of carbonyl (C=O) groups excluding carboxylic acids is 1. The number of aliphatic hydroxyl groups is 1. The van der Waals surface area contributed by atoms with Crippen LogP contribution in [0.2, 0.25) is 0 Å². The summed E-state index contributed by atoms with van der Waals surface area (Å²) in [4.78, 5) is 10.8. The van der Waals surface area contributed by atoms with Crippen LogP contribution in [-0.2, 0) is 9.53 Å². The Balaban J connectivity index is 0.000000251. The third-order valence-corrected chi connectivity index (χ3v) is 5.17. The SMILES string of the molecule is CCC1CC(C)=CC(OC(C)=O)C1.CCCCC1CC(C)=CC(O)C1. The highest BCUT2D eigenvalue weighted by atomic mass is 16.5. The second-order valence-electron chi connectivity index (χ2n) is 7.90. The maximum atomic E-state index is 10.8. The van der Waals surface area contributed by atoms with Crippen molar-refractivity contribution < 1.29 is 14.6 Å². The molecule has 0 fully saturated rings. The van der Waals surface area contributed by atoms with Crippen molar-refractivity contribution in [1.29, 1.82) is 0 Å². The summed E-state index contributed by atoms with van der Waals surface area (Å²) in [5.74, 6) is 1.25. The number of unbranched alkanes of at least 4 members (excludes halogenated alkanes) is 1. The Morgan fingerprint density at radius 2 is 1.76 bits per heavy atom. The van der Waals surface area contributed by atoms with Crippen LogP contribution >= 0.6 is 0 Å². The normalized spacial score (nSPS) is 29.0. The fourth-order valence-corrected chi connectivity index (χ4v) is 3.98. The van der Waals surface area contributed by atoms with Crippen molar-refractivity contribution in [2.75, 3.05) is 0 Å². The molecule has 0 aromatic carbocycles. The van der Waals surface area contributed by atoms with E-state index in [0.717, 1.165) is 25.2 Å². The van der Waals surface area contributed by atoms with E-state index in [1.54, 1.807) is 0 Å². The van der Waals surface area contributed by atoms with Gasteiger partial charge in [0.2, 0.25) is 0 Å². The summed E-state index contributed by atoms with van der Waals surface area (Å²) in [5.41, 5.74) is 2.72. The van der Waals surface area contributed by atoms with Gasteiger partial charge in [0.25, 0.3) is 0 Å². The number of allylic oxidation sites excluding steroid dienone is 2. The van der Waals surface area contributed by atoms with Crippen LogP contribution in [0.4, 0.5) is 0 Å². The molecule has 0 amide bonds. The van der Waals surface area contributed by atoms with Crippen LogP contribution in [0.15, 0.2) is 23.3 Å². The predicted octanol–water partition coefficient (Wildman–Crippen LogP) is 5.58. The Morgan fingerprint density at radius 3 is 2.32 bits per heavy atom. The van der Waals surface area contributed by atoms with Crippen LogP contribution in [-0.4, -0.2) is 23.3 Å². The molecule has 0 bridgehead atoms. The minimum Gasteiger partial charge on any atom is -0.458 e. The number of hydrogen-bond donors (Lipinski definition) is 1. The fraction of sp³-hybridized carbons (Fsp3) is 0.773. The zero-order chi connectivity index (χ0) is 18.8. The summed E-state index contributed by atoms with van der Waals surface area (Å²) in [7, 11) is 0. The Labute approximate surface area is 154 Å². The number of aliphatic hydroxyl groups excluding tert-OH is 1. The molecular weight excluding hydrogens is 312 g/mol. The lowest BCUT2D eigenvalue weighted by atomic mass is 9.85. The van der Waals surface area contributed by atoms with Crippen molar-refractivity contribution in [3.8, 4) is 0 Å². The van der Waals surface area contributed by atoms with E-state index in [0.29, 0.717) is 5.92 Å². The van der Waals surface area contributed by atoms with E-state index in [1.165, 1.54) is 50.2 Å². The lowest BCUT2D eigenvalue weighted by Gasteiger charge is -2.26. The first-order chi connectivity index (χ1) is 11.8. The molecule has 0 spiro atoms. The van der Waals surface area contributed by atoms with Gasteiger partial charge < -0.3 is 9.84 Å². The van der Waals surface area contributed by atoms with Crippen molar-refractivity contribution in [2.24, 2.45) is 11.8 Å². The summed E-state index contributed by atoms with van der Waals surface area (Å²) in [6.07, 6.45) is 13.3. The highest BCUT2D eigenvalue weighted by Gasteiger charge is 2.21. The van der Waals surface area contributed by atoms with Crippen LogP contribution in [0.25, 0.3) is 0 Å². The first-order valence-corrected chi connectivity index (χ1v) is 10.0. The van der Waals surface area contributed by atoms with Gasteiger partial charge in [0.15, 0.2) is 0 Å². The minimum absolute atomic E-state index is 0.0243. The van der Waals surface area contributed by atoms with Gasteiger partial charge in [-0.25, -0.2) is 0 Å². The molecular formula is C22H38O3. The summed E-state index contributed by atoms with van der Waals surface area (Å²) in [6, 6.07) is 0. The number of hydrogen-bond acceptors (Lipinski definition) is 3. The molecule has 3 heteroatoms. The third-order valence-electron chi connectivity index (χ3n) is 5.17. The molecule has 3 nitrogen and oxygen atoms in total. The summed E-state index contributed by atoms with van der Waals surface area (Å²) < 4.78 is 5.18. The maximum Gasteiger partial charge on any atom is 0.303 e. The molecule has 144 valence electrons. The van der Waals surface area contributed by atoms with Crippen LogP contribution in [0, 0.1) is 11.8 Å². The lowest BCUT2D eigenvalue weighted by Crippen LogP contribution is -2.22. The van der Waals surface area contributed by atoms with Gasteiger partial charge in [-0.2, -0.15) is 0 Å². The van der Waals surface area contributed by atoms with Gasteiger partial charge in [-0.05, 0) is 57.4 Å². The Kier molecular flexibility index (Phi) is 10.1. The molecule has 0 radical (unpaired) electrons. The summed E-state index contributed by atoms with van der Waals surface area (Å²) >= 11 is 0. The number of rotatable bonds is 5. The zero-order valence-electron chi connectivity index (χ0n) is 16.9. The molecule has 4 atom stereocenters. The third kappa shape index (κ3) is 9.25. The maximum absolute atomic E-state index is 10.8. The van der Waals surface area contributed by atoms with Crippen molar-refractivity contribution in [3.05, 3.63) is 23.3 Å². The van der Waals surface area contributed by atoms with Gasteiger partial charge >= 0.3 is 5.97 Å². The molecule has 0 aromatic heterocycles. The molecule has 0 aromatic rings. The summed E-state index contributed by atoms with van der Waals surface area (Å²) in [5, 5.41) is 9.47. The Bertz CT molecular complexity index is 464. The number of esters is 1. The van der Waals surface area contributed by atoms with Gasteiger partial charge in [-0.1, -0.05) is 56.8 Å². The lowest BCUT2D eigenvalue weighted by molar-refractivity contribution is -0.145. The van der Waals surface area contributed by atoms with E-state index < -0.39 is 0 Å². The fourth-order valence-electron chi connectivity index (χ4n) is 3.98. The first kappa shape index (κ1) is 22.0. The standard InChI is InChI=1S/C11H18O2.C11H20O/c1-4-10-5-8(2)6-11(7-10)13-9(3)12;1-3-4-5-10-6-9(2)7-11(12)8-10/h6,10-11H,4-5,7H2,1-3H3;7,10-12H,3-6,8H2,1-2H3. The smallest absolute Gasteiger partial charge is 0.303 e. The van der Waals surface area contributed by atoms with Crippen LogP contribution in [0.5, 0.6) is 0 Å². The second kappa shape index (κ2) is 11.5. The van der Waals surface area contributed by atoms with Gasteiger partial charge in [0.05, 0.1) is 6.10 Å². The van der Waals surface area contributed by atoms with E-state index in [1.807, 2.05) is 6.08 Å². The molecule has 0 aliphatic heterocycles. The highest BCUT2D eigenvalue weighted by molar-refractivity contribution is 5.66. The zero-order valence-corrected chi connectivity index (χ0v) is 16.9. The summed E-state index contributed by atoms with van der Waals surface area (Å²) in [6.45, 7) is 10.1. The van der Waals surface area contributed by atoms with Crippen molar-refractivity contribution in [2.45, 2.75) is 98.2 Å². The molecule has 4 unspecified atom stereocenters. The Morgan fingerprint density at radius 1 is 1.12 bits per heavy atom. The average molecular weight is 351 g/mol. The van der Waals surface area contributed by atoms with Crippen LogP contribution < -0.4 is 0 Å². The predicted molar refractivity (Wildman–Crippen MR) is 104 cm³/mol. The van der Waals surface area contributed by atoms with Gasteiger partial charge in [-0.3, -0.25) is 4.79 Å². The van der Waals surface area contributed by atoms with Crippen molar-refractivity contribution in [3.63, 3.8) is 0 Å². The minimum atomic E-state index is -0.175. The monoisotopic (exact) mass is 350 g/mol. The second-order valence-corrected chi connectivity index (χ2v) is 7.90. The molecule has 2 aliphatic carbocycles. The van der Waals surface area contributed by atoms with Crippen LogP contribution in [0.3, 0.4) is 0 Å². The number of ether oxygens (including phenoxy) is 1. The topological polar surface area (TPSA) is 46.5 Å². The van der Waals surface area contributed by atoms with Crippen LogP contribution in [0.1, 0.15) is 86.0 Å². The average Bonchev–Trinajstić information content (AvgIpc) is 2.51. The number of carbonyl (C=O) groups is 1. The van der Waals surface area contributed by atoms with E-state index in [2.05, 4.69) is 33.8 Å². The Hall–Kier alpha value is -1.09. The van der Waals surface area contributed by atoms with E-state index >= 15 is 0 Å². The first-order valence-electron chi connectivity index (χ1n) is 10.0. The quantitative estimate of drug-likeness (QED) is 0.520. The molecule has 2 aliphatic rings.